The van der Waals surface area contributed by atoms with Gasteiger partial charge in [0.15, 0.2) is 5.82 Å². The first-order valence-corrected chi connectivity index (χ1v) is 5.07. The normalized spacial score (nSPS) is 21.4. The van der Waals surface area contributed by atoms with Crippen LogP contribution < -0.4 is 0 Å². The van der Waals surface area contributed by atoms with Crippen LogP contribution in [0.4, 0.5) is 0 Å². The van der Waals surface area contributed by atoms with E-state index in [1.807, 2.05) is 0 Å². The molecule has 1 aliphatic rings. The molecule has 14 heavy (non-hydrogen) atoms. The molecule has 1 aromatic rings. The molecule has 2 rings (SSSR count). The van der Waals surface area contributed by atoms with E-state index in [1.54, 1.807) is 0 Å². The van der Waals surface area contributed by atoms with E-state index in [2.05, 4.69) is 34.5 Å². The Morgan fingerprint density at radius 3 is 2.57 bits per heavy atom. The van der Waals surface area contributed by atoms with E-state index in [1.165, 1.54) is 0 Å². The third-order valence-electron chi connectivity index (χ3n) is 3.28. The molecule has 0 radical (unpaired) electrons. The van der Waals surface area contributed by atoms with Gasteiger partial charge in [-0.15, -0.1) is 10.2 Å². The minimum atomic E-state index is 0.0608. The Kier molecular flexibility index (Phi) is 2.50. The third-order valence-corrected chi connectivity index (χ3v) is 3.28. The smallest absolute Gasteiger partial charge is 0.181 e. The lowest BCUT2D eigenvalue weighted by molar-refractivity contribution is 0.0284. The second-order valence-electron chi connectivity index (χ2n) is 4.16. The number of rotatable bonds is 2. The van der Waals surface area contributed by atoms with E-state index >= 15 is 0 Å². The molecule has 0 spiro atoms. The second-order valence-corrected chi connectivity index (χ2v) is 4.16. The highest BCUT2D eigenvalue weighted by atomic mass is 16.5. The average Bonchev–Trinajstić information content (AvgIpc) is 2.72. The van der Waals surface area contributed by atoms with E-state index < -0.39 is 0 Å². The SMILES string of the molecule is CC(C)C1(c2nn[nH]n2)CCOCC1. The standard InChI is InChI=1S/C9H16N4O/c1-7(2)9(3-5-14-6-4-9)8-10-12-13-11-8/h7H,3-6H2,1-2H3,(H,10,11,12,13). The van der Waals surface area contributed by atoms with Gasteiger partial charge in [-0.25, -0.2) is 0 Å². The van der Waals surface area contributed by atoms with Crippen LogP contribution in [0.5, 0.6) is 0 Å². The van der Waals surface area contributed by atoms with Gasteiger partial charge in [-0.05, 0) is 18.8 Å². The molecule has 0 amide bonds. The van der Waals surface area contributed by atoms with Gasteiger partial charge in [0, 0.05) is 18.6 Å². The topological polar surface area (TPSA) is 63.7 Å². The van der Waals surface area contributed by atoms with Crippen molar-refractivity contribution in [2.24, 2.45) is 5.92 Å². The van der Waals surface area contributed by atoms with Crippen LogP contribution in [0.2, 0.25) is 0 Å². The van der Waals surface area contributed by atoms with Crippen molar-refractivity contribution >= 4 is 0 Å². The fraction of sp³-hybridized carbons (Fsp3) is 0.889. The number of hydrogen-bond acceptors (Lipinski definition) is 4. The molecule has 0 saturated carbocycles. The Labute approximate surface area is 83.2 Å². The number of ether oxygens (including phenoxy) is 1. The molecule has 0 aromatic carbocycles. The Morgan fingerprint density at radius 1 is 1.36 bits per heavy atom. The summed E-state index contributed by atoms with van der Waals surface area (Å²) in [6, 6.07) is 0. The van der Waals surface area contributed by atoms with Crippen molar-refractivity contribution in [3.63, 3.8) is 0 Å². The fourth-order valence-electron chi connectivity index (χ4n) is 2.17. The van der Waals surface area contributed by atoms with Crippen molar-refractivity contribution in [1.82, 2.24) is 20.6 Å². The first kappa shape index (κ1) is 9.58. The molecule has 1 aromatic heterocycles. The molecule has 1 fully saturated rings. The summed E-state index contributed by atoms with van der Waals surface area (Å²) in [5.74, 6) is 1.36. The summed E-state index contributed by atoms with van der Waals surface area (Å²) in [6.07, 6.45) is 1.98. The first-order valence-electron chi connectivity index (χ1n) is 5.07. The van der Waals surface area contributed by atoms with Crippen molar-refractivity contribution in [1.29, 1.82) is 0 Å². The van der Waals surface area contributed by atoms with Gasteiger partial charge in [0.25, 0.3) is 0 Å². The van der Waals surface area contributed by atoms with Crippen LogP contribution in [0.3, 0.4) is 0 Å². The molecular formula is C9H16N4O. The molecular weight excluding hydrogens is 180 g/mol. The molecule has 78 valence electrons. The molecule has 1 N–H and O–H groups in total. The van der Waals surface area contributed by atoms with Crippen LogP contribution in [0, 0.1) is 5.92 Å². The molecule has 0 bridgehead atoms. The van der Waals surface area contributed by atoms with Crippen LogP contribution in [-0.2, 0) is 10.2 Å². The summed E-state index contributed by atoms with van der Waals surface area (Å²) in [4.78, 5) is 0. The molecule has 1 aliphatic heterocycles. The van der Waals surface area contributed by atoms with Crippen molar-refractivity contribution in [2.75, 3.05) is 13.2 Å². The molecule has 2 heterocycles. The van der Waals surface area contributed by atoms with Gasteiger partial charge in [0.05, 0.1) is 0 Å². The molecule has 0 unspecified atom stereocenters. The lowest BCUT2D eigenvalue weighted by Gasteiger charge is -2.37. The van der Waals surface area contributed by atoms with Gasteiger partial charge in [0.2, 0.25) is 0 Å². The van der Waals surface area contributed by atoms with Crippen LogP contribution >= 0.6 is 0 Å². The summed E-state index contributed by atoms with van der Waals surface area (Å²) in [7, 11) is 0. The molecule has 0 aliphatic carbocycles. The monoisotopic (exact) mass is 196 g/mol. The maximum Gasteiger partial charge on any atom is 0.181 e. The fourth-order valence-corrected chi connectivity index (χ4v) is 2.17. The van der Waals surface area contributed by atoms with Crippen molar-refractivity contribution in [3.8, 4) is 0 Å². The number of aromatic nitrogens is 4. The Balaban J connectivity index is 2.30. The Hall–Kier alpha value is -0.970. The highest BCUT2D eigenvalue weighted by Crippen LogP contribution is 2.38. The quantitative estimate of drug-likeness (QED) is 0.763. The Bertz CT molecular complexity index is 277. The minimum absolute atomic E-state index is 0.0608. The van der Waals surface area contributed by atoms with Crippen molar-refractivity contribution < 1.29 is 4.74 Å². The highest BCUT2D eigenvalue weighted by molar-refractivity contribution is 5.08. The van der Waals surface area contributed by atoms with Gasteiger partial charge < -0.3 is 4.74 Å². The van der Waals surface area contributed by atoms with E-state index in [0.29, 0.717) is 5.92 Å². The predicted molar refractivity (Wildman–Crippen MR) is 50.7 cm³/mol. The van der Waals surface area contributed by atoms with Gasteiger partial charge in [-0.2, -0.15) is 5.21 Å². The number of H-pyrrole nitrogens is 1. The second kappa shape index (κ2) is 3.65. The molecule has 5 heteroatoms. The summed E-state index contributed by atoms with van der Waals surface area (Å²) in [5.41, 5.74) is 0.0608. The van der Waals surface area contributed by atoms with Crippen LogP contribution in [-0.4, -0.2) is 33.8 Å². The first-order chi connectivity index (χ1) is 6.76. The number of hydrogen-bond donors (Lipinski definition) is 1. The lowest BCUT2D eigenvalue weighted by atomic mass is 9.71. The van der Waals surface area contributed by atoms with Gasteiger partial charge in [-0.3, -0.25) is 0 Å². The van der Waals surface area contributed by atoms with Crippen LogP contribution in [0.1, 0.15) is 32.5 Å². The number of nitrogens with zero attached hydrogens (tertiary/aromatic N) is 3. The number of aromatic amines is 1. The van der Waals surface area contributed by atoms with E-state index in [0.717, 1.165) is 31.9 Å². The zero-order valence-corrected chi connectivity index (χ0v) is 8.66. The van der Waals surface area contributed by atoms with Gasteiger partial charge in [0.1, 0.15) is 0 Å². The summed E-state index contributed by atoms with van der Waals surface area (Å²) in [6.45, 7) is 6.02. The summed E-state index contributed by atoms with van der Waals surface area (Å²) < 4.78 is 5.39. The number of tetrazole rings is 1. The summed E-state index contributed by atoms with van der Waals surface area (Å²) in [5, 5.41) is 14.4. The van der Waals surface area contributed by atoms with Crippen molar-refractivity contribution in [2.45, 2.75) is 32.1 Å². The zero-order chi connectivity index (χ0) is 10.0. The van der Waals surface area contributed by atoms with E-state index in [-0.39, 0.29) is 5.41 Å². The maximum absolute atomic E-state index is 5.39. The van der Waals surface area contributed by atoms with E-state index in [9.17, 15) is 0 Å². The largest absolute Gasteiger partial charge is 0.381 e. The lowest BCUT2D eigenvalue weighted by Crippen LogP contribution is -2.39. The molecule has 1 saturated heterocycles. The van der Waals surface area contributed by atoms with Gasteiger partial charge in [-0.1, -0.05) is 19.1 Å². The maximum atomic E-state index is 5.39. The molecule has 0 atom stereocenters. The highest BCUT2D eigenvalue weighted by Gasteiger charge is 2.40. The van der Waals surface area contributed by atoms with Crippen molar-refractivity contribution in [3.05, 3.63) is 5.82 Å². The summed E-state index contributed by atoms with van der Waals surface area (Å²) >= 11 is 0. The third kappa shape index (κ3) is 1.41. The predicted octanol–water partition coefficient (Wildman–Crippen LogP) is 0.904. The Morgan fingerprint density at radius 2 is 2.07 bits per heavy atom. The minimum Gasteiger partial charge on any atom is -0.381 e. The molecule has 5 nitrogen and oxygen atoms in total. The zero-order valence-electron chi connectivity index (χ0n) is 8.66. The average molecular weight is 196 g/mol. The van der Waals surface area contributed by atoms with E-state index in [4.69, 9.17) is 4.74 Å². The van der Waals surface area contributed by atoms with Crippen LogP contribution in [0.25, 0.3) is 0 Å². The van der Waals surface area contributed by atoms with Gasteiger partial charge >= 0.3 is 0 Å². The van der Waals surface area contributed by atoms with Crippen LogP contribution in [0.15, 0.2) is 0 Å². The number of nitrogens with one attached hydrogen (secondary N) is 1.